The average molecular weight is 121 g/mol. The van der Waals surface area contributed by atoms with Gasteiger partial charge in [0.1, 0.15) is 6.04 Å². The minimum absolute atomic E-state index is 0.269. The molecule has 0 aliphatic carbocycles. The third kappa shape index (κ3) is 0.980. The van der Waals surface area contributed by atoms with Gasteiger partial charge in [-0.1, -0.05) is 0 Å². The van der Waals surface area contributed by atoms with Gasteiger partial charge in [-0.25, -0.2) is 0 Å². The van der Waals surface area contributed by atoms with Crippen LogP contribution in [0.15, 0.2) is 0 Å². The molecule has 1 fully saturated rings. The summed E-state index contributed by atoms with van der Waals surface area (Å²) in [7, 11) is 0. The summed E-state index contributed by atoms with van der Waals surface area (Å²) < 4.78 is 0. The molecular weight excluding hydrogens is 112 g/mol. The maximum atomic E-state index is 10.1. The molecule has 0 saturated carbocycles. The van der Waals surface area contributed by atoms with E-state index in [0.717, 1.165) is 19.4 Å². The van der Waals surface area contributed by atoms with Gasteiger partial charge in [0.05, 0.1) is 0 Å². The van der Waals surface area contributed by atoms with Crippen LogP contribution in [0.3, 0.4) is 0 Å². The van der Waals surface area contributed by atoms with Crippen LogP contribution in [-0.4, -0.2) is 23.7 Å². The fourth-order valence-electron chi connectivity index (χ4n) is 0.895. The molecule has 2 N–H and O–H groups in total. The van der Waals surface area contributed by atoms with Crippen molar-refractivity contribution in [3.05, 3.63) is 0 Å². The second-order valence-corrected chi connectivity index (χ2v) is 1.99. The summed E-state index contributed by atoms with van der Waals surface area (Å²) in [6.07, 6.45) is 1.78. The molecule has 1 rings (SSSR count). The van der Waals surface area contributed by atoms with Crippen molar-refractivity contribution in [1.82, 2.24) is 5.32 Å². The number of rotatable bonds is 1. The van der Waals surface area contributed by atoms with Gasteiger partial charge in [0.2, 0.25) is 0 Å². The average Bonchev–Trinajstić information content (AvgIpc) is 2.12. The minimum Gasteiger partial charge on any atom is -0.480 e. The summed E-state index contributed by atoms with van der Waals surface area (Å²) in [5, 5.41) is 11.2. The van der Waals surface area contributed by atoms with Crippen LogP contribution in [0.4, 0.5) is 0 Å². The highest BCUT2D eigenvalue weighted by Gasteiger charge is 2.20. The van der Waals surface area contributed by atoms with E-state index in [1.165, 1.54) is 0 Å². The molecule has 0 aromatic carbocycles. The number of carboxylic acid groups (broad SMARTS) is 1. The van der Waals surface area contributed by atoms with Crippen LogP contribution in [0.2, 0.25) is 0 Å². The lowest BCUT2D eigenvalue weighted by Crippen LogP contribution is -2.29. The van der Waals surface area contributed by atoms with Gasteiger partial charge in [-0.3, -0.25) is 4.79 Å². The van der Waals surface area contributed by atoms with E-state index in [4.69, 9.17) is 5.11 Å². The van der Waals surface area contributed by atoms with Gasteiger partial charge in [0.15, 0.2) is 0 Å². The van der Waals surface area contributed by atoms with Gasteiger partial charge in [-0.15, -0.1) is 0 Å². The number of aliphatic carboxylic acids is 1. The molecule has 3 nitrogen and oxygen atoms in total. The highest BCUT2D eigenvalue weighted by molar-refractivity contribution is 5.73. The maximum Gasteiger partial charge on any atom is 0.320 e. The molecule has 1 heterocycles. The Hall–Kier alpha value is -0.570. The van der Waals surface area contributed by atoms with Gasteiger partial charge in [-0.2, -0.15) is 0 Å². The van der Waals surface area contributed by atoms with Crippen LogP contribution < -0.4 is 5.32 Å². The Kier molecular flexibility index (Phi) is 1.48. The first-order valence-electron chi connectivity index (χ1n) is 2.77. The lowest BCUT2D eigenvalue weighted by atomic mass is 11.2. The van der Waals surface area contributed by atoms with Gasteiger partial charge < -0.3 is 10.4 Å². The van der Waals surface area contributed by atoms with Crippen LogP contribution >= 0.6 is 0 Å². The highest BCUT2D eigenvalue weighted by atomic mass is 16.5. The van der Waals surface area contributed by atoms with Gasteiger partial charge in [0, 0.05) is 0 Å². The van der Waals surface area contributed by atoms with Crippen molar-refractivity contribution < 1.29 is 9.90 Å². The van der Waals surface area contributed by atoms with E-state index >= 15 is 0 Å². The molecule has 1 aliphatic rings. The summed E-state index contributed by atoms with van der Waals surface area (Å²) in [4.78, 5) is 10.1. The molecule has 0 aromatic heterocycles. The van der Waals surface area contributed by atoms with E-state index in [9.17, 15) is 4.79 Å². The fourth-order valence-corrected chi connectivity index (χ4v) is 0.895. The van der Waals surface area contributed by atoms with Crippen molar-refractivity contribution in [3.63, 3.8) is 0 Å². The first-order valence-corrected chi connectivity index (χ1v) is 2.77. The minimum atomic E-state index is -0.720. The van der Waals surface area contributed by atoms with E-state index in [-0.39, 0.29) is 6.04 Å². The quantitative estimate of drug-likeness (QED) is 0.374. The molecule has 3 heteroatoms. The van der Waals surface area contributed by atoms with Crippen LogP contribution in [0.5, 0.6) is 0 Å². The first-order chi connectivity index (χ1) is 3.80. The van der Waals surface area contributed by atoms with Crippen molar-refractivity contribution >= 4 is 5.97 Å². The van der Waals surface area contributed by atoms with Crippen LogP contribution in [0, 0.1) is 0 Å². The topological polar surface area (TPSA) is 49.3 Å². The molecule has 0 amide bonds. The molecule has 0 unspecified atom stereocenters. The van der Waals surface area contributed by atoms with Crippen LogP contribution in [0.1, 0.15) is 12.8 Å². The zero-order valence-electron chi connectivity index (χ0n) is 4.55. The molecule has 0 aromatic rings. The van der Waals surface area contributed by atoms with Gasteiger partial charge in [-0.05, 0) is 19.4 Å². The Morgan fingerprint density at radius 3 is 2.75 bits per heavy atom. The van der Waals surface area contributed by atoms with Crippen LogP contribution in [-0.2, 0) is 4.79 Å². The normalized spacial score (nSPS) is 28.2. The molecule has 0 radical (unpaired) electrons. The predicted octanol–water partition coefficient (Wildman–Crippen LogP) is -0.177. The zero-order valence-corrected chi connectivity index (χ0v) is 4.55. The third-order valence-corrected chi connectivity index (χ3v) is 1.36. The predicted molar refractivity (Wildman–Crippen MR) is 28.7 cm³/mol. The van der Waals surface area contributed by atoms with E-state index in [1.807, 2.05) is 0 Å². The Balaban J connectivity index is 2.35. The molecule has 1 atom stereocenters. The Labute approximate surface area is 47.7 Å². The SMILES string of the molecule is O=[13C](O)[13C@@H]1[13CH2][13CH2][13CH2][15NH]1. The summed E-state index contributed by atoms with van der Waals surface area (Å²) in [6.45, 7) is 0.858. The van der Waals surface area contributed by atoms with Crippen LogP contribution in [0.25, 0.3) is 0 Å². The zero-order chi connectivity index (χ0) is 5.98. The summed E-state index contributed by atoms with van der Waals surface area (Å²) >= 11 is 0. The Morgan fingerprint density at radius 1 is 1.75 bits per heavy atom. The van der Waals surface area contributed by atoms with Crippen molar-refractivity contribution in [3.8, 4) is 0 Å². The molecule has 1 saturated heterocycles. The summed E-state index contributed by atoms with van der Waals surface area (Å²) in [5.41, 5.74) is 0. The second-order valence-electron chi connectivity index (χ2n) is 1.99. The standard InChI is InChI=1S/C5H9NO2/c7-5(8)4-2-1-3-6-4/h4,6H,1-3H2,(H,7,8)/t4-/m0/s1/i1+1,2+1,3+1,4+1,5+1,6+1. The monoisotopic (exact) mass is 121 g/mol. The number of nitrogens with one attached hydrogen (secondary N) is 1. The van der Waals surface area contributed by atoms with Crippen molar-refractivity contribution in [2.45, 2.75) is 18.9 Å². The van der Waals surface area contributed by atoms with E-state index in [2.05, 4.69) is 5.32 Å². The summed E-state index contributed by atoms with van der Waals surface area (Å²) in [6, 6.07) is -0.269. The van der Waals surface area contributed by atoms with E-state index in [0.29, 0.717) is 0 Å². The van der Waals surface area contributed by atoms with E-state index < -0.39 is 5.97 Å². The maximum absolute atomic E-state index is 10.1. The molecular formula is C5H9NO2. The van der Waals surface area contributed by atoms with E-state index in [1.54, 1.807) is 0 Å². The number of carbonyl (C=O) groups is 1. The first kappa shape index (κ1) is 5.56. The number of hydrogen-bond donors (Lipinski definition) is 2. The number of carboxylic acids is 1. The molecule has 46 valence electrons. The summed E-state index contributed by atoms with van der Waals surface area (Å²) in [5.74, 6) is -0.720. The molecule has 1 aliphatic heterocycles. The fraction of sp³-hybridized carbons (Fsp3) is 0.800. The molecule has 8 heavy (non-hydrogen) atoms. The Morgan fingerprint density at radius 2 is 2.50 bits per heavy atom. The van der Waals surface area contributed by atoms with Gasteiger partial charge in [0.25, 0.3) is 0 Å². The van der Waals surface area contributed by atoms with Crippen molar-refractivity contribution in [1.29, 1.82) is 0 Å². The number of hydrogen-bond acceptors (Lipinski definition) is 2. The third-order valence-electron chi connectivity index (χ3n) is 1.36. The largest absolute Gasteiger partial charge is 0.480 e. The second kappa shape index (κ2) is 2.13. The van der Waals surface area contributed by atoms with Crippen molar-refractivity contribution in [2.24, 2.45) is 0 Å². The highest BCUT2D eigenvalue weighted by Crippen LogP contribution is 2.03. The smallest absolute Gasteiger partial charge is 0.320 e. The van der Waals surface area contributed by atoms with Gasteiger partial charge >= 0.3 is 5.97 Å². The molecule has 0 spiro atoms. The lowest BCUT2D eigenvalue weighted by molar-refractivity contribution is -0.139. The van der Waals surface area contributed by atoms with Crippen molar-refractivity contribution in [2.75, 3.05) is 6.54 Å². The lowest BCUT2D eigenvalue weighted by Gasteiger charge is -1.99. The molecule has 0 bridgehead atoms. The Bertz CT molecular complexity index is 96.6.